The summed E-state index contributed by atoms with van der Waals surface area (Å²) in [5.41, 5.74) is 2.22. The van der Waals surface area contributed by atoms with E-state index in [4.69, 9.17) is 4.52 Å². The lowest BCUT2D eigenvalue weighted by Crippen LogP contribution is -2.39. The molecule has 1 amide bonds. The van der Waals surface area contributed by atoms with Crippen molar-refractivity contribution in [3.05, 3.63) is 71.7 Å². The van der Waals surface area contributed by atoms with Gasteiger partial charge in [0.1, 0.15) is 22.8 Å². The third-order valence-corrected chi connectivity index (χ3v) is 5.02. The van der Waals surface area contributed by atoms with Gasteiger partial charge in [-0.15, -0.1) is 0 Å². The van der Waals surface area contributed by atoms with Gasteiger partial charge in [0.05, 0.1) is 0 Å². The van der Waals surface area contributed by atoms with Gasteiger partial charge in [-0.25, -0.2) is 4.39 Å². The average Bonchev–Trinajstić information content (AvgIpc) is 3.13. The monoisotopic (exact) mass is 395 g/mol. The van der Waals surface area contributed by atoms with Crippen LogP contribution in [0.1, 0.15) is 30.0 Å². The molecule has 0 bridgehead atoms. The maximum absolute atomic E-state index is 13.9. The normalized spacial score (nSPS) is 11.1. The van der Waals surface area contributed by atoms with Gasteiger partial charge in [-0.05, 0) is 38.2 Å². The zero-order valence-electron chi connectivity index (χ0n) is 17.1. The first-order valence-corrected chi connectivity index (χ1v) is 9.86. The fourth-order valence-electron chi connectivity index (χ4n) is 3.33. The van der Waals surface area contributed by atoms with Crippen LogP contribution in [0.15, 0.2) is 59.1 Å². The van der Waals surface area contributed by atoms with E-state index in [1.165, 1.54) is 12.1 Å². The highest BCUT2D eigenvalue weighted by molar-refractivity contribution is 6.10. The molecular weight excluding hydrogens is 369 g/mol. The van der Waals surface area contributed by atoms with Gasteiger partial charge in [0.15, 0.2) is 0 Å². The molecule has 5 nitrogen and oxygen atoms in total. The van der Waals surface area contributed by atoms with Crippen LogP contribution >= 0.6 is 0 Å². The van der Waals surface area contributed by atoms with E-state index in [9.17, 15) is 9.18 Å². The Kier molecular flexibility index (Phi) is 6.77. The number of rotatable bonds is 8. The molecule has 0 saturated carbocycles. The fourth-order valence-corrected chi connectivity index (χ4v) is 3.33. The Labute approximate surface area is 170 Å². The first-order chi connectivity index (χ1) is 14.0. The summed E-state index contributed by atoms with van der Waals surface area (Å²) >= 11 is 0. The van der Waals surface area contributed by atoms with Gasteiger partial charge in [0.25, 0.3) is 5.91 Å². The highest BCUT2D eigenvalue weighted by atomic mass is 19.1. The van der Waals surface area contributed by atoms with Crippen molar-refractivity contribution in [1.29, 1.82) is 0 Å². The van der Waals surface area contributed by atoms with E-state index in [-0.39, 0.29) is 11.7 Å². The smallest absolute Gasteiger partial charge is 0.264 e. The first-order valence-electron chi connectivity index (χ1n) is 9.86. The zero-order valence-corrected chi connectivity index (χ0v) is 17.1. The summed E-state index contributed by atoms with van der Waals surface area (Å²) < 4.78 is 19.3. The Morgan fingerprint density at radius 3 is 2.41 bits per heavy atom. The zero-order chi connectivity index (χ0) is 20.8. The van der Waals surface area contributed by atoms with Crippen molar-refractivity contribution in [2.45, 2.75) is 20.8 Å². The molecule has 0 aliphatic heterocycles. The minimum absolute atomic E-state index is 0.250. The van der Waals surface area contributed by atoms with Crippen molar-refractivity contribution < 1.29 is 13.7 Å². The number of amides is 1. The van der Waals surface area contributed by atoms with Crippen LogP contribution in [0, 0.1) is 12.7 Å². The molecule has 0 fully saturated rings. The number of hydrogen-bond acceptors (Lipinski definition) is 4. The van der Waals surface area contributed by atoms with Crippen molar-refractivity contribution in [1.82, 2.24) is 10.1 Å². The maximum atomic E-state index is 13.9. The van der Waals surface area contributed by atoms with Crippen LogP contribution in [0.4, 0.5) is 10.1 Å². The summed E-state index contributed by atoms with van der Waals surface area (Å²) in [6.07, 6.45) is 0. The van der Waals surface area contributed by atoms with Crippen LogP contribution in [0.2, 0.25) is 0 Å². The molecule has 3 aromatic rings. The number of hydrogen-bond donors (Lipinski definition) is 0. The van der Waals surface area contributed by atoms with Gasteiger partial charge in [0.2, 0.25) is 0 Å². The summed E-state index contributed by atoms with van der Waals surface area (Å²) in [6, 6.07) is 15.6. The third-order valence-electron chi connectivity index (χ3n) is 5.02. The third kappa shape index (κ3) is 4.71. The molecule has 0 saturated heterocycles. The molecule has 29 heavy (non-hydrogen) atoms. The second-order valence-electron chi connectivity index (χ2n) is 6.79. The maximum Gasteiger partial charge on any atom is 0.264 e. The van der Waals surface area contributed by atoms with Gasteiger partial charge < -0.3 is 14.3 Å². The highest BCUT2D eigenvalue weighted by Gasteiger charge is 2.27. The highest BCUT2D eigenvalue weighted by Crippen LogP contribution is 2.28. The van der Waals surface area contributed by atoms with Gasteiger partial charge in [-0.2, -0.15) is 0 Å². The minimum Gasteiger partial charge on any atom is -0.360 e. The van der Waals surface area contributed by atoms with Crippen LogP contribution in [0.3, 0.4) is 0 Å². The van der Waals surface area contributed by atoms with Crippen LogP contribution in [0.5, 0.6) is 0 Å². The number of carbonyl (C=O) groups excluding carboxylic acids is 1. The molecule has 6 heteroatoms. The van der Waals surface area contributed by atoms with Crippen LogP contribution in [-0.4, -0.2) is 42.1 Å². The average molecular weight is 395 g/mol. The number of likely N-dealkylation sites (N-methyl/N-ethyl adjacent to an activating group) is 1. The predicted octanol–water partition coefficient (Wildman–Crippen LogP) is 4.78. The van der Waals surface area contributed by atoms with E-state index in [1.807, 2.05) is 30.3 Å². The Bertz CT molecular complexity index is 952. The molecule has 0 atom stereocenters. The topological polar surface area (TPSA) is 49.6 Å². The Balaban J connectivity index is 2.00. The van der Waals surface area contributed by atoms with Crippen LogP contribution in [0.25, 0.3) is 11.3 Å². The van der Waals surface area contributed by atoms with Crippen LogP contribution in [-0.2, 0) is 0 Å². The van der Waals surface area contributed by atoms with E-state index in [0.29, 0.717) is 35.8 Å². The number of nitrogens with zero attached hydrogens (tertiary/aromatic N) is 3. The Morgan fingerprint density at radius 2 is 1.76 bits per heavy atom. The second-order valence-corrected chi connectivity index (χ2v) is 6.79. The van der Waals surface area contributed by atoms with Crippen molar-refractivity contribution in [2.75, 3.05) is 31.1 Å². The van der Waals surface area contributed by atoms with Gasteiger partial charge in [-0.1, -0.05) is 55.4 Å². The summed E-state index contributed by atoms with van der Waals surface area (Å²) in [5.74, 6) is -0.188. The molecule has 0 aliphatic rings. The van der Waals surface area contributed by atoms with E-state index >= 15 is 0 Å². The Morgan fingerprint density at radius 1 is 1.03 bits per heavy atom. The van der Waals surface area contributed by atoms with Crippen molar-refractivity contribution in [3.63, 3.8) is 0 Å². The van der Waals surface area contributed by atoms with Crippen LogP contribution < -0.4 is 4.90 Å². The lowest BCUT2D eigenvalue weighted by Gasteiger charge is -2.26. The van der Waals surface area contributed by atoms with Gasteiger partial charge in [0, 0.05) is 24.3 Å². The van der Waals surface area contributed by atoms with E-state index in [0.717, 1.165) is 18.7 Å². The van der Waals surface area contributed by atoms with Gasteiger partial charge >= 0.3 is 0 Å². The molecule has 2 aromatic carbocycles. The minimum atomic E-state index is -0.381. The molecule has 0 unspecified atom stereocenters. The number of aryl methyl sites for hydroxylation is 1. The summed E-state index contributed by atoms with van der Waals surface area (Å²) in [4.78, 5) is 17.4. The van der Waals surface area contributed by atoms with E-state index in [1.54, 1.807) is 24.0 Å². The molecule has 0 aliphatic carbocycles. The lowest BCUT2D eigenvalue weighted by molar-refractivity contribution is 0.0983. The number of halogens is 1. The van der Waals surface area contributed by atoms with Gasteiger partial charge in [-0.3, -0.25) is 4.79 Å². The summed E-state index contributed by atoms with van der Waals surface area (Å²) in [7, 11) is 0. The molecule has 1 aromatic heterocycles. The van der Waals surface area contributed by atoms with E-state index < -0.39 is 0 Å². The second kappa shape index (κ2) is 9.47. The molecule has 152 valence electrons. The quantitative estimate of drug-likeness (QED) is 0.551. The summed E-state index contributed by atoms with van der Waals surface area (Å²) in [6.45, 7) is 8.75. The predicted molar refractivity (Wildman–Crippen MR) is 113 cm³/mol. The summed E-state index contributed by atoms with van der Waals surface area (Å²) in [5, 5.41) is 4.12. The fraction of sp³-hybridized carbons (Fsp3) is 0.304. The Hall–Kier alpha value is -2.99. The number of benzene rings is 2. The van der Waals surface area contributed by atoms with E-state index in [2.05, 4.69) is 23.9 Å². The molecule has 3 rings (SSSR count). The largest absolute Gasteiger partial charge is 0.360 e. The van der Waals surface area contributed by atoms with Crippen molar-refractivity contribution in [3.8, 4) is 11.3 Å². The molecule has 0 N–H and O–H groups in total. The SMILES string of the molecule is CCN(CC)CCN(C(=O)c1c(-c2ccccc2)noc1C)c1cccc(F)c1. The first kappa shape index (κ1) is 20.7. The molecule has 0 spiro atoms. The number of aromatic nitrogens is 1. The lowest BCUT2D eigenvalue weighted by atomic mass is 10.0. The number of carbonyl (C=O) groups is 1. The standard InChI is InChI=1S/C23H26FN3O2/c1-4-26(5-2)14-15-27(20-13-9-12-19(24)16-20)23(28)21-17(3)29-25-22(21)18-10-7-6-8-11-18/h6-13,16H,4-5,14-15H2,1-3H3. The number of anilines is 1. The van der Waals surface area contributed by atoms with Crippen molar-refractivity contribution in [2.24, 2.45) is 0 Å². The molecule has 1 heterocycles. The molecule has 0 radical (unpaired) electrons. The van der Waals surface area contributed by atoms with Crippen molar-refractivity contribution >= 4 is 11.6 Å². The molecular formula is C23H26FN3O2.